The monoisotopic (exact) mass is 260 g/mol. The molecule has 0 aliphatic heterocycles. The van der Waals surface area contributed by atoms with Crippen LogP contribution in [0.1, 0.15) is 16.7 Å². The standard InChI is InChI=1S/C14H17FN4/c1-9-4-11(5-10(2)14(9)15)6-18-13-8-17-7-12(16-3)19-13/h4-5,7-8H,6H2,1-3H3,(H2,16,18,19). The van der Waals surface area contributed by atoms with E-state index in [1.165, 1.54) is 0 Å². The molecule has 2 N–H and O–H groups in total. The smallest absolute Gasteiger partial charge is 0.147 e. The minimum Gasteiger partial charge on any atom is -0.372 e. The van der Waals surface area contributed by atoms with E-state index in [1.54, 1.807) is 33.3 Å². The number of rotatable bonds is 4. The van der Waals surface area contributed by atoms with Crippen LogP contribution in [0.2, 0.25) is 0 Å². The van der Waals surface area contributed by atoms with Gasteiger partial charge in [0, 0.05) is 13.6 Å². The maximum atomic E-state index is 13.5. The summed E-state index contributed by atoms with van der Waals surface area (Å²) in [5.41, 5.74) is 2.34. The Kier molecular flexibility index (Phi) is 3.94. The summed E-state index contributed by atoms with van der Waals surface area (Å²) in [6.45, 7) is 4.13. The van der Waals surface area contributed by atoms with Crippen molar-refractivity contribution in [1.29, 1.82) is 0 Å². The van der Waals surface area contributed by atoms with Crippen molar-refractivity contribution in [2.75, 3.05) is 17.7 Å². The molecule has 5 heteroatoms. The highest BCUT2D eigenvalue weighted by molar-refractivity contribution is 5.42. The maximum absolute atomic E-state index is 13.5. The predicted molar refractivity (Wildman–Crippen MR) is 74.8 cm³/mol. The first kappa shape index (κ1) is 13.3. The van der Waals surface area contributed by atoms with Crippen LogP contribution in [0.15, 0.2) is 24.5 Å². The van der Waals surface area contributed by atoms with E-state index in [0.717, 1.165) is 5.56 Å². The van der Waals surface area contributed by atoms with Crippen molar-refractivity contribution in [2.24, 2.45) is 0 Å². The Morgan fingerprint density at radius 3 is 2.37 bits per heavy atom. The molecular formula is C14H17FN4. The molecule has 2 aromatic rings. The summed E-state index contributed by atoms with van der Waals surface area (Å²) < 4.78 is 13.5. The van der Waals surface area contributed by atoms with Gasteiger partial charge in [-0.2, -0.15) is 0 Å². The number of benzene rings is 1. The van der Waals surface area contributed by atoms with Gasteiger partial charge in [0.1, 0.15) is 17.5 Å². The van der Waals surface area contributed by atoms with Crippen LogP contribution < -0.4 is 10.6 Å². The molecule has 1 heterocycles. The Morgan fingerprint density at radius 2 is 1.74 bits per heavy atom. The molecule has 0 aliphatic rings. The lowest BCUT2D eigenvalue weighted by atomic mass is 10.1. The lowest BCUT2D eigenvalue weighted by Crippen LogP contribution is -2.04. The summed E-state index contributed by atoms with van der Waals surface area (Å²) in [5.74, 6) is 1.25. The summed E-state index contributed by atoms with van der Waals surface area (Å²) in [6, 6.07) is 3.68. The van der Waals surface area contributed by atoms with Crippen LogP contribution in [0.3, 0.4) is 0 Å². The molecule has 1 aromatic heterocycles. The normalized spacial score (nSPS) is 10.3. The van der Waals surface area contributed by atoms with Gasteiger partial charge in [0.05, 0.1) is 12.4 Å². The molecule has 0 saturated carbocycles. The predicted octanol–water partition coefficient (Wildman–Crippen LogP) is 2.89. The molecule has 2 rings (SSSR count). The minimum absolute atomic E-state index is 0.138. The van der Waals surface area contributed by atoms with Crippen molar-refractivity contribution in [1.82, 2.24) is 9.97 Å². The molecule has 0 unspecified atom stereocenters. The zero-order chi connectivity index (χ0) is 13.8. The first-order chi connectivity index (χ1) is 9.10. The van der Waals surface area contributed by atoms with Gasteiger partial charge < -0.3 is 10.6 Å². The molecule has 0 fully saturated rings. The molecule has 100 valence electrons. The van der Waals surface area contributed by atoms with Crippen LogP contribution in [0, 0.1) is 19.7 Å². The van der Waals surface area contributed by atoms with Crippen molar-refractivity contribution in [3.8, 4) is 0 Å². The van der Waals surface area contributed by atoms with Gasteiger partial charge in [-0.05, 0) is 30.5 Å². The van der Waals surface area contributed by atoms with E-state index >= 15 is 0 Å². The molecule has 0 bridgehead atoms. The van der Waals surface area contributed by atoms with E-state index in [9.17, 15) is 4.39 Å². The molecular weight excluding hydrogens is 243 g/mol. The highest BCUT2D eigenvalue weighted by atomic mass is 19.1. The van der Waals surface area contributed by atoms with Gasteiger partial charge in [-0.15, -0.1) is 0 Å². The van der Waals surface area contributed by atoms with Crippen molar-refractivity contribution < 1.29 is 4.39 Å². The van der Waals surface area contributed by atoms with Gasteiger partial charge in [0.2, 0.25) is 0 Å². The van der Waals surface area contributed by atoms with Crippen LogP contribution in [-0.2, 0) is 6.54 Å². The van der Waals surface area contributed by atoms with Crippen molar-refractivity contribution in [3.63, 3.8) is 0 Å². The molecule has 0 saturated heterocycles. The third kappa shape index (κ3) is 3.19. The highest BCUT2D eigenvalue weighted by Gasteiger charge is 2.04. The second-order valence-electron chi connectivity index (χ2n) is 4.44. The van der Waals surface area contributed by atoms with E-state index in [-0.39, 0.29) is 5.82 Å². The molecule has 0 atom stereocenters. The lowest BCUT2D eigenvalue weighted by Gasteiger charge is -2.09. The number of halogens is 1. The van der Waals surface area contributed by atoms with E-state index in [0.29, 0.717) is 29.3 Å². The number of hydrogen-bond acceptors (Lipinski definition) is 4. The molecule has 1 aromatic carbocycles. The van der Waals surface area contributed by atoms with Gasteiger partial charge in [0.15, 0.2) is 0 Å². The fourth-order valence-corrected chi connectivity index (χ4v) is 1.90. The summed E-state index contributed by atoms with van der Waals surface area (Å²) in [5, 5.41) is 6.10. The first-order valence-electron chi connectivity index (χ1n) is 6.09. The zero-order valence-electron chi connectivity index (χ0n) is 11.3. The largest absolute Gasteiger partial charge is 0.372 e. The molecule has 0 spiro atoms. The van der Waals surface area contributed by atoms with E-state index in [1.807, 2.05) is 12.1 Å². The Morgan fingerprint density at radius 1 is 1.11 bits per heavy atom. The number of anilines is 2. The molecule has 19 heavy (non-hydrogen) atoms. The Hall–Kier alpha value is -2.17. The SMILES string of the molecule is CNc1cncc(NCc2cc(C)c(F)c(C)c2)n1. The Labute approximate surface area is 112 Å². The van der Waals surface area contributed by atoms with E-state index in [2.05, 4.69) is 20.6 Å². The average molecular weight is 260 g/mol. The molecule has 4 nitrogen and oxygen atoms in total. The zero-order valence-corrected chi connectivity index (χ0v) is 11.3. The lowest BCUT2D eigenvalue weighted by molar-refractivity contribution is 0.608. The van der Waals surface area contributed by atoms with Crippen LogP contribution in [0.25, 0.3) is 0 Å². The number of hydrogen-bond donors (Lipinski definition) is 2. The number of nitrogens with zero attached hydrogens (tertiary/aromatic N) is 2. The summed E-state index contributed by atoms with van der Waals surface area (Å²) >= 11 is 0. The second kappa shape index (κ2) is 5.65. The summed E-state index contributed by atoms with van der Waals surface area (Å²) in [7, 11) is 1.79. The topological polar surface area (TPSA) is 49.8 Å². The Balaban J connectivity index is 2.10. The van der Waals surface area contributed by atoms with Crippen LogP contribution >= 0.6 is 0 Å². The van der Waals surface area contributed by atoms with Crippen molar-refractivity contribution in [2.45, 2.75) is 20.4 Å². The van der Waals surface area contributed by atoms with Gasteiger partial charge in [0.25, 0.3) is 0 Å². The second-order valence-corrected chi connectivity index (χ2v) is 4.44. The van der Waals surface area contributed by atoms with Gasteiger partial charge in [-0.1, -0.05) is 12.1 Å². The number of aryl methyl sites for hydroxylation is 2. The third-order valence-electron chi connectivity index (χ3n) is 2.86. The van der Waals surface area contributed by atoms with Crippen molar-refractivity contribution >= 4 is 11.6 Å². The summed E-state index contributed by atoms with van der Waals surface area (Å²) in [6.07, 6.45) is 3.31. The Bertz CT molecular complexity index is 560. The van der Waals surface area contributed by atoms with E-state index in [4.69, 9.17) is 0 Å². The number of aromatic nitrogens is 2. The van der Waals surface area contributed by atoms with Crippen LogP contribution in [0.5, 0.6) is 0 Å². The van der Waals surface area contributed by atoms with Gasteiger partial charge in [-0.25, -0.2) is 9.37 Å². The minimum atomic E-state index is -0.138. The summed E-state index contributed by atoms with van der Waals surface area (Å²) in [4.78, 5) is 8.38. The van der Waals surface area contributed by atoms with Crippen molar-refractivity contribution in [3.05, 3.63) is 47.0 Å². The van der Waals surface area contributed by atoms with Gasteiger partial charge >= 0.3 is 0 Å². The van der Waals surface area contributed by atoms with Crippen LogP contribution in [0.4, 0.5) is 16.0 Å². The fourth-order valence-electron chi connectivity index (χ4n) is 1.90. The highest BCUT2D eigenvalue weighted by Crippen LogP contribution is 2.16. The van der Waals surface area contributed by atoms with Gasteiger partial charge in [-0.3, -0.25) is 4.98 Å². The van der Waals surface area contributed by atoms with E-state index < -0.39 is 0 Å². The first-order valence-corrected chi connectivity index (χ1v) is 6.09. The molecule has 0 amide bonds. The quantitative estimate of drug-likeness (QED) is 0.887. The third-order valence-corrected chi connectivity index (χ3v) is 2.86. The fraction of sp³-hybridized carbons (Fsp3) is 0.286. The molecule has 0 radical (unpaired) electrons. The average Bonchev–Trinajstić information content (AvgIpc) is 2.42. The number of nitrogens with one attached hydrogen (secondary N) is 2. The maximum Gasteiger partial charge on any atom is 0.147 e. The van der Waals surface area contributed by atoms with Crippen LogP contribution in [-0.4, -0.2) is 17.0 Å². The molecule has 0 aliphatic carbocycles.